The summed E-state index contributed by atoms with van der Waals surface area (Å²) in [6.07, 6.45) is 0. The number of nitrogens with two attached hydrogens (primary N) is 1. The van der Waals surface area contributed by atoms with Crippen LogP contribution in [0.15, 0.2) is 24.3 Å². The summed E-state index contributed by atoms with van der Waals surface area (Å²) in [4.78, 5) is 0. The van der Waals surface area contributed by atoms with Gasteiger partial charge in [0, 0.05) is 24.8 Å². The van der Waals surface area contributed by atoms with Crippen molar-refractivity contribution in [2.45, 2.75) is 12.5 Å². The second-order valence-electron chi connectivity index (χ2n) is 5.00. The van der Waals surface area contributed by atoms with E-state index in [4.69, 9.17) is 10.5 Å². The van der Waals surface area contributed by atoms with Crippen LogP contribution in [0.1, 0.15) is 6.92 Å². The van der Waals surface area contributed by atoms with Crippen molar-refractivity contribution >= 4 is 15.7 Å². The quantitative estimate of drug-likeness (QED) is 0.746. The third-order valence-corrected chi connectivity index (χ3v) is 4.62. The number of ether oxygens (including phenoxy) is 1. The van der Waals surface area contributed by atoms with E-state index < -0.39 is 15.6 Å². The SMILES string of the molecule is CC1(O)CN(S(=O)(=O)CCOc2cccc(N)c2)C1. The molecule has 1 saturated heterocycles. The molecule has 1 heterocycles. The lowest BCUT2D eigenvalue weighted by molar-refractivity contribution is -0.0427. The Morgan fingerprint density at radius 3 is 2.74 bits per heavy atom. The minimum atomic E-state index is -3.36. The molecule has 0 amide bonds. The van der Waals surface area contributed by atoms with Crippen molar-refractivity contribution in [2.75, 3.05) is 31.2 Å². The minimum Gasteiger partial charge on any atom is -0.492 e. The molecule has 2 rings (SSSR count). The molecule has 1 aromatic carbocycles. The van der Waals surface area contributed by atoms with Gasteiger partial charge in [-0.3, -0.25) is 0 Å². The molecule has 19 heavy (non-hydrogen) atoms. The Kier molecular flexibility index (Phi) is 3.71. The molecule has 0 aliphatic carbocycles. The van der Waals surface area contributed by atoms with Crippen LogP contribution < -0.4 is 10.5 Å². The molecule has 1 aliphatic rings. The molecule has 1 fully saturated rings. The first-order valence-corrected chi connectivity index (χ1v) is 7.58. The molecule has 6 nitrogen and oxygen atoms in total. The number of anilines is 1. The second kappa shape index (κ2) is 4.99. The highest BCUT2D eigenvalue weighted by Crippen LogP contribution is 2.23. The molecule has 0 radical (unpaired) electrons. The van der Waals surface area contributed by atoms with Crippen LogP contribution in [0.5, 0.6) is 5.75 Å². The van der Waals surface area contributed by atoms with Gasteiger partial charge in [0.05, 0.1) is 11.4 Å². The second-order valence-corrected chi connectivity index (χ2v) is 7.09. The molecule has 0 saturated carbocycles. The fourth-order valence-corrected chi connectivity index (χ4v) is 3.41. The van der Waals surface area contributed by atoms with Gasteiger partial charge in [-0.25, -0.2) is 8.42 Å². The Hall–Kier alpha value is -1.31. The summed E-state index contributed by atoms with van der Waals surface area (Å²) < 4.78 is 30.3. The van der Waals surface area contributed by atoms with Gasteiger partial charge < -0.3 is 15.6 Å². The van der Waals surface area contributed by atoms with Crippen molar-refractivity contribution < 1.29 is 18.3 Å². The molecular weight excluding hydrogens is 268 g/mol. The Morgan fingerprint density at radius 2 is 2.16 bits per heavy atom. The van der Waals surface area contributed by atoms with Gasteiger partial charge in [-0.1, -0.05) is 6.07 Å². The Labute approximate surface area is 112 Å². The summed E-state index contributed by atoms with van der Waals surface area (Å²) in [5, 5.41) is 9.53. The van der Waals surface area contributed by atoms with Crippen molar-refractivity contribution in [1.82, 2.24) is 4.31 Å². The fourth-order valence-electron chi connectivity index (χ4n) is 1.91. The van der Waals surface area contributed by atoms with Crippen LogP contribution in [-0.4, -0.2) is 48.9 Å². The number of rotatable bonds is 5. The number of nitrogens with zero attached hydrogens (tertiary/aromatic N) is 1. The first-order chi connectivity index (χ1) is 8.78. The normalized spacial score (nSPS) is 18.8. The standard InChI is InChI=1S/C12H18N2O4S/c1-12(15)8-14(9-12)19(16,17)6-5-18-11-4-2-3-10(13)7-11/h2-4,7,15H,5-6,8-9,13H2,1H3. The smallest absolute Gasteiger partial charge is 0.217 e. The first kappa shape index (κ1) is 14.1. The number of hydrogen-bond acceptors (Lipinski definition) is 5. The highest BCUT2D eigenvalue weighted by Gasteiger charge is 2.42. The minimum absolute atomic E-state index is 0.0599. The predicted molar refractivity (Wildman–Crippen MR) is 72.3 cm³/mol. The molecule has 0 atom stereocenters. The Morgan fingerprint density at radius 1 is 1.47 bits per heavy atom. The highest BCUT2D eigenvalue weighted by atomic mass is 32.2. The maximum atomic E-state index is 11.9. The number of benzene rings is 1. The molecule has 0 unspecified atom stereocenters. The van der Waals surface area contributed by atoms with Gasteiger partial charge in [-0.2, -0.15) is 4.31 Å². The van der Waals surface area contributed by atoms with Crippen LogP contribution in [0.4, 0.5) is 5.69 Å². The maximum absolute atomic E-state index is 11.9. The lowest BCUT2D eigenvalue weighted by Gasteiger charge is -2.42. The molecule has 0 aromatic heterocycles. The Bertz CT molecular complexity index is 549. The zero-order chi connectivity index (χ0) is 14.1. The van der Waals surface area contributed by atoms with E-state index in [1.165, 1.54) is 4.31 Å². The summed E-state index contributed by atoms with van der Waals surface area (Å²) in [5.74, 6) is 0.434. The average Bonchev–Trinajstić information content (AvgIpc) is 2.25. The molecule has 1 aliphatic heterocycles. The van der Waals surface area contributed by atoms with Crippen LogP contribution >= 0.6 is 0 Å². The average molecular weight is 286 g/mol. The molecule has 106 valence electrons. The van der Waals surface area contributed by atoms with Crippen molar-refractivity contribution in [3.8, 4) is 5.75 Å². The number of aliphatic hydroxyl groups is 1. The lowest BCUT2D eigenvalue weighted by atomic mass is 10.0. The third-order valence-electron chi connectivity index (χ3n) is 2.90. The summed E-state index contributed by atoms with van der Waals surface area (Å²) in [6, 6.07) is 6.83. The maximum Gasteiger partial charge on any atom is 0.217 e. The highest BCUT2D eigenvalue weighted by molar-refractivity contribution is 7.89. The predicted octanol–water partition coefficient (Wildman–Crippen LogP) is 0.0440. The summed E-state index contributed by atoms with van der Waals surface area (Å²) in [6.45, 7) is 1.97. The van der Waals surface area contributed by atoms with Crippen LogP contribution in [0.3, 0.4) is 0 Å². The fraction of sp³-hybridized carbons (Fsp3) is 0.500. The van der Waals surface area contributed by atoms with Crippen molar-refractivity contribution in [3.05, 3.63) is 24.3 Å². The molecular formula is C12H18N2O4S. The first-order valence-electron chi connectivity index (χ1n) is 5.97. The van der Waals surface area contributed by atoms with Crippen LogP contribution in [0, 0.1) is 0 Å². The summed E-state index contributed by atoms with van der Waals surface area (Å²) in [5.41, 5.74) is 5.26. The van der Waals surface area contributed by atoms with E-state index in [-0.39, 0.29) is 25.4 Å². The lowest BCUT2D eigenvalue weighted by Crippen LogP contribution is -2.62. The summed E-state index contributed by atoms with van der Waals surface area (Å²) >= 11 is 0. The monoisotopic (exact) mass is 286 g/mol. The number of sulfonamides is 1. The number of hydrogen-bond donors (Lipinski definition) is 2. The number of nitrogen functional groups attached to an aromatic ring is 1. The van der Waals surface area contributed by atoms with E-state index in [0.717, 1.165) is 0 Å². The van der Waals surface area contributed by atoms with Crippen LogP contribution in [-0.2, 0) is 10.0 Å². The van der Waals surface area contributed by atoms with E-state index in [1.54, 1.807) is 31.2 Å². The molecule has 0 spiro atoms. The van der Waals surface area contributed by atoms with Crippen LogP contribution in [0.25, 0.3) is 0 Å². The zero-order valence-electron chi connectivity index (χ0n) is 10.7. The van der Waals surface area contributed by atoms with Crippen molar-refractivity contribution in [3.63, 3.8) is 0 Å². The van der Waals surface area contributed by atoms with E-state index in [0.29, 0.717) is 11.4 Å². The van der Waals surface area contributed by atoms with E-state index in [9.17, 15) is 13.5 Å². The van der Waals surface area contributed by atoms with Gasteiger partial charge in [0.15, 0.2) is 0 Å². The van der Waals surface area contributed by atoms with Crippen LogP contribution in [0.2, 0.25) is 0 Å². The van der Waals surface area contributed by atoms with Gasteiger partial charge in [-0.05, 0) is 19.1 Å². The topological polar surface area (TPSA) is 92.9 Å². The van der Waals surface area contributed by atoms with E-state index in [2.05, 4.69) is 0 Å². The van der Waals surface area contributed by atoms with Crippen molar-refractivity contribution in [2.24, 2.45) is 0 Å². The van der Waals surface area contributed by atoms with E-state index in [1.807, 2.05) is 0 Å². The van der Waals surface area contributed by atoms with Gasteiger partial charge >= 0.3 is 0 Å². The van der Waals surface area contributed by atoms with Gasteiger partial charge in [0.25, 0.3) is 0 Å². The third kappa shape index (κ3) is 3.59. The summed E-state index contributed by atoms with van der Waals surface area (Å²) in [7, 11) is -3.36. The van der Waals surface area contributed by atoms with Gasteiger partial charge in [0.1, 0.15) is 12.4 Å². The van der Waals surface area contributed by atoms with E-state index >= 15 is 0 Å². The largest absolute Gasteiger partial charge is 0.492 e. The molecule has 3 N–H and O–H groups in total. The Balaban J connectivity index is 1.83. The molecule has 1 aromatic rings. The molecule has 0 bridgehead atoms. The van der Waals surface area contributed by atoms with Gasteiger partial charge in [-0.15, -0.1) is 0 Å². The van der Waals surface area contributed by atoms with Crippen molar-refractivity contribution in [1.29, 1.82) is 0 Å². The van der Waals surface area contributed by atoms with Gasteiger partial charge in [0.2, 0.25) is 10.0 Å². The number of β-amino-alcohol motifs (C(OH)–C–C–N with tert-alkyl or cyclic N) is 1. The molecule has 7 heteroatoms. The zero-order valence-corrected chi connectivity index (χ0v) is 11.6.